The van der Waals surface area contributed by atoms with Gasteiger partial charge in [-0.05, 0) is 62.3 Å². The summed E-state index contributed by atoms with van der Waals surface area (Å²) in [6, 6.07) is 5.80. The van der Waals surface area contributed by atoms with Crippen LogP contribution in [-0.4, -0.2) is 32.7 Å². The van der Waals surface area contributed by atoms with Gasteiger partial charge in [0.15, 0.2) is 0 Å². The Hall–Kier alpha value is -2.92. The van der Waals surface area contributed by atoms with E-state index in [-0.39, 0.29) is 23.3 Å². The van der Waals surface area contributed by atoms with E-state index in [0.29, 0.717) is 17.5 Å². The third kappa shape index (κ3) is 7.10. The highest BCUT2D eigenvalue weighted by molar-refractivity contribution is 7.89. The lowest BCUT2D eigenvalue weighted by molar-refractivity contribution is -0.0890. The molecule has 2 N–H and O–H groups in total. The number of rotatable bonds is 7. The van der Waals surface area contributed by atoms with E-state index in [1.54, 1.807) is 32.1 Å². The van der Waals surface area contributed by atoms with Gasteiger partial charge in [-0.25, -0.2) is 13.1 Å². The van der Waals surface area contributed by atoms with E-state index in [2.05, 4.69) is 5.32 Å². The maximum Gasteiger partial charge on any atom is 0.416 e. The number of halogens is 3. The van der Waals surface area contributed by atoms with Gasteiger partial charge >= 0.3 is 6.18 Å². The van der Waals surface area contributed by atoms with Crippen molar-refractivity contribution in [3.63, 3.8) is 0 Å². The van der Waals surface area contributed by atoms with Gasteiger partial charge < -0.3 is 5.32 Å². The van der Waals surface area contributed by atoms with Gasteiger partial charge in [0, 0.05) is 15.3 Å². The van der Waals surface area contributed by atoms with E-state index in [9.17, 15) is 31.2 Å². The summed E-state index contributed by atoms with van der Waals surface area (Å²) in [5.74, 6) is -1.55. The van der Waals surface area contributed by atoms with Crippen LogP contribution in [0.25, 0.3) is 0 Å². The first-order valence-corrected chi connectivity index (χ1v) is 14.3. The summed E-state index contributed by atoms with van der Waals surface area (Å²) in [6.07, 6.45) is 0.868. The van der Waals surface area contributed by atoms with Crippen LogP contribution < -0.4 is 10.0 Å². The van der Waals surface area contributed by atoms with E-state index in [4.69, 9.17) is 0 Å². The number of hydrogen-bond acceptors (Lipinski definition) is 5. The van der Waals surface area contributed by atoms with Crippen molar-refractivity contribution >= 4 is 33.2 Å². The summed E-state index contributed by atoms with van der Waals surface area (Å²) >= 11 is 1.48. The van der Waals surface area contributed by atoms with Crippen molar-refractivity contribution in [3.05, 3.63) is 80.1 Å². The van der Waals surface area contributed by atoms with Gasteiger partial charge in [-0.1, -0.05) is 37.3 Å². The van der Waals surface area contributed by atoms with Crippen LogP contribution in [0.3, 0.4) is 0 Å². The number of thiophene rings is 1. The molecule has 0 aliphatic heterocycles. The molecule has 2 amide bonds. The maximum atomic E-state index is 13.3. The molecule has 3 rings (SSSR count). The predicted molar refractivity (Wildman–Crippen MR) is 138 cm³/mol. The normalized spacial score (nSPS) is 18.8. The maximum absolute atomic E-state index is 13.3. The summed E-state index contributed by atoms with van der Waals surface area (Å²) < 4.78 is 63.7. The number of hydrogen-bond donors (Lipinski definition) is 2. The lowest BCUT2D eigenvalue weighted by Crippen LogP contribution is -2.30. The van der Waals surface area contributed by atoms with E-state index in [1.165, 1.54) is 29.5 Å². The van der Waals surface area contributed by atoms with Crippen molar-refractivity contribution in [2.75, 3.05) is 6.26 Å². The van der Waals surface area contributed by atoms with E-state index in [1.807, 2.05) is 18.6 Å². The van der Waals surface area contributed by atoms with Gasteiger partial charge in [-0.2, -0.15) is 13.2 Å². The smallest absolute Gasteiger partial charge is 0.345 e. The Morgan fingerprint density at radius 2 is 1.70 bits per heavy atom. The zero-order valence-electron chi connectivity index (χ0n) is 21.1. The minimum atomic E-state index is -4.39. The second-order valence-electron chi connectivity index (χ2n) is 9.29. The average Bonchev–Trinajstić information content (AvgIpc) is 3.05. The fourth-order valence-corrected chi connectivity index (χ4v) is 5.86. The average molecular weight is 555 g/mol. The second-order valence-corrected chi connectivity index (χ2v) is 12.5. The lowest BCUT2D eigenvalue weighted by Gasteiger charge is -2.25. The monoisotopic (exact) mass is 554 g/mol. The highest BCUT2D eigenvalue weighted by Gasteiger charge is 2.35. The molecule has 11 heteroatoms. The first kappa shape index (κ1) is 28.6. The molecule has 6 nitrogen and oxygen atoms in total. The van der Waals surface area contributed by atoms with Gasteiger partial charge in [0.2, 0.25) is 10.0 Å². The minimum Gasteiger partial charge on any atom is -0.345 e. The topological polar surface area (TPSA) is 92.3 Å². The zero-order chi connectivity index (χ0) is 27.7. The summed E-state index contributed by atoms with van der Waals surface area (Å²) in [6.45, 7) is 7.28. The molecule has 200 valence electrons. The van der Waals surface area contributed by atoms with Crippen LogP contribution in [0, 0.1) is 25.7 Å². The first-order valence-electron chi connectivity index (χ1n) is 11.6. The Balaban J connectivity index is 1.75. The van der Waals surface area contributed by atoms with Gasteiger partial charge in [-0.3, -0.25) is 9.59 Å². The molecule has 0 saturated carbocycles. The number of amides is 2. The van der Waals surface area contributed by atoms with Crippen LogP contribution >= 0.6 is 11.3 Å². The third-order valence-electron chi connectivity index (χ3n) is 6.32. The molecule has 1 aromatic carbocycles. The van der Waals surface area contributed by atoms with Crippen molar-refractivity contribution in [3.8, 4) is 0 Å². The van der Waals surface area contributed by atoms with Gasteiger partial charge in [0.1, 0.15) is 0 Å². The summed E-state index contributed by atoms with van der Waals surface area (Å²) in [5, 5.41) is 2.96. The number of sulfonamides is 1. The van der Waals surface area contributed by atoms with Gasteiger partial charge in [0.05, 0.1) is 23.4 Å². The molecule has 0 bridgehead atoms. The summed E-state index contributed by atoms with van der Waals surface area (Å²) in [5.41, 5.74) is 1.58. The Morgan fingerprint density at radius 3 is 2.24 bits per heavy atom. The van der Waals surface area contributed by atoms with Crippen LogP contribution in [0.4, 0.5) is 13.2 Å². The zero-order valence-corrected chi connectivity index (χ0v) is 22.7. The number of benzene rings is 1. The Bertz CT molecular complexity index is 1360. The van der Waals surface area contributed by atoms with Crippen LogP contribution in [-0.2, 0) is 16.4 Å². The largest absolute Gasteiger partial charge is 0.416 e. The highest BCUT2D eigenvalue weighted by Crippen LogP contribution is 2.37. The third-order valence-corrected chi connectivity index (χ3v) is 7.94. The van der Waals surface area contributed by atoms with Crippen molar-refractivity contribution in [2.24, 2.45) is 11.8 Å². The molecule has 0 spiro atoms. The molecule has 0 saturated heterocycles. The highest BCUT2D eigenvalue weighted by atomic mass is 32.2. The van der Waals surface area contributed by atoms with Gasteiger partial charge in [-0.15, -0.1) is 11.3 Å². The molecule has 3 atom stereocenters. The molecular formula is C26H29F3N2O4S2. The van der Waals surface area contributed by atoms with E-state index < -0.39 is 33.7 Å². The van der Waals surface area contributed by atoms with Crippen molar-refractivity contribution in [2.45, 2.75) is 46.3 Å². The number of carbonyl (C=O) groups is 2. The van der Waals surface area contributed by atoms with Gasteiger partial charge in [0.25, 0.3) is 11.8 Å². The molecule has 1 heterocycles. The van der Waals surface area contributed by atoms with Crippen molar-refractivity contribution < 1.29 is 31.2 Å². The molecular weight excluding hydrogens is 525 g/mol. The molecule has 1 aromatic heterocycles. The lowest BCUT2D eigenvalue weighted by atomic mass is 9.82. The molecule has 0 radical (unpaired) electrons. The Labute approximate surface area is 218 Å². The standard InChI is InChI=1S/C26H29F3N2O4S2/c1-14-12-21(26(27,28)29)11-10-20(14)13-22-16(3)36-17(4)23(22)25(33)30-15(2)18-6-8-19(9-7-18)24(32)31-37(5,34)35/h6-12,14-15,20H,13H2,1-5H3,(H,30,33)(H,31,32). The fraction of sp³-hybridized carbons (Fsp3) is 0.385. The van der Waals surface area contributed by atoms with Crippen LogP contribution in [0.5, 0.6) is 0 Å². The predicted octanol–water partition coefficient (Wildman–Crippen LogP) is 5.40. The minimum absolute atomic E-state index is 0.164. The summed E-state index contributed by atoms with van der Waals surface area (Å²) in [4.78, 5) is 27.1. The number of allylic oxidation sites excluding steroid dienone is 4. The number of alkyl halides is 3. The molecule has 0 fully saturated rings. The van der Waals surface area contributed by atoms with Crippen LogP contribution in [0.15, 0.2) is 48.1 Å². The molecule has 2 aromatic rings. The quantitative estimate of drug-likeness (QED) is 0.480. The second kappa shape index (κ2) is 10.8. The molecule has 37 heavy (non-hydrogen) atoms. The summed E-state index contributed by atoms with van der Waals surface area (Å²) in [7, 11) is -3.69. The number of carbonyl (C=O) groups excluding carboxylic acids is 2. The van der Waals surface area contributed by atoms with Crippen molar-refractivity contribution in [1.82, 2.24) is 10.0 Å². The van der Waals surface area contributed by atoms with Crippen LogP contribution in [0.2, 0.25) is 0 Å². The Morgan fingerprint density at radius 1 is 1.08 bits per heavy atom. The van der Waals surface area contributed by atoms with E-state index >= 15 is 0 Å². The molecule has 1 aliphatic carbocycles. The van der Waals surface area contributed by atoms with E-state index in [0.717, 1.165) is 27.6 Å². The first-order chi connectivity index (χ1) is 17.1. The fourth-order valence-electron chi connectivity index (χ4n) is 4.32. The Kier molecular flexibility index (Phi) is 8.38. The van der Waals surface area contributed by atoms with Crippen LogP contribution in [0.1, 0.15) is 61.5 Å². The number of nitrogens with one attached hydrogen (secondary N) is 2. The molecule has 3 unspecified atom stereocenters. The SMILES string of the molecule is Cc1sc(C)c(C(=O)NC(C)c2ccc(C(=O)NS(C)(=O)=O)cc2)c1CC1C=CC(C(F)(F)F)=CC1C. The molecule has 1 aliphatic rings. The van der Waals surface area contributed by atoms with Crippen molar-refractivity contribution in [1.29, 1.82) is 0 Å². The number of aryl methyl sites for hydroxylation is 2.